The van der Waals surface area contributed by atoms with Crippen LogP contribution in [0.1, 0.15) is 12.0 Å². The molecule has 1 aliphatic rings. The predicted octanol–water partition coefficient (Wildman–Crippen LogP) is 2.15. The first-order valence-electron chi connectivity index (χ1n) is 5.44. The van der Waals surface area contributed by atoms with E-state index in [0.717, 1.165) is 30.8 Å². The minimum Gasteiger partial charge on any atom is -0.326 e. The van der Waals surface area contributed by atoms with E-state index in [-0.39, 0.29) is 11.8 Å². The number of amides is 1. The van der Waals surface area contributed by atoms with Crippen LogP contribution in [0.4, 0.5) is 5.69 Å². The van der Waals surface area contributed by atoms with Gasteiger partial charge in [0.1, 0.15) is 0 Å². The van der Waals surface area contributed by atoms with E-state index in [1.165, 1.54) is 3.57 Å². The van der Waals surface area contributed by atoms with Crippen molar-refractivity contribution in [1.29, 1.82) is 0 Å². The standard InChI is InChI=1S/C12H15IN2O/c1-8-6-10(13)2-3-11(8)15-12(16)9-4-5-14-7-9/h2-3,6,9,14H,4-5,7H2,1H3,(H,15,16). The number of nitrogens with one attached hydrogen (secondary N) is 2. The molecule has 86 valence electrons. The number of hydrogen-bond acceptors (Lipinski definition) is 2. The van der Waals surface area contributed by atoms with Crippen molar-refractivity contribution < 1.29 is 4.79 Å². The summed E-state index contributed by atoms with van der Waals surface area (Å²) in [6, 6.07) is 6.05. The van der Waals surface area contributed by atoms with Gasteiger partial charge in [0.25, 0.3) is 0 Å². The average molecular weight is 330 g/mol. The monoisotopic (exact) mass is 330 g/mol. The molecule has 0 aromatic heterocycles. The Morgan fingerprint density at radius 1 is 1.56 bits per heavy atom. The van der Waals surface area contributed by atoms with Crippen molar-refractivity contribution in [3.05, 3.63) is 27.3 Å². The summed E-state index contributed by atoms with van der Waals surface area (Å²) in [6.45, 7) is 3.77. The Morgan fingerprint density at radius 2 is 2.38 bits per heavy atom. The molecule has 1 heterocycles. The third-order valence-electron chi connectivity index (χ3n) is 2.88. The Hall–Kier alpha value is -0.620. The lowest BCUT2D eigenvalue weighted by Crippen LogP contribution is -2.24. The van der Waals surface area contributed by atoms with E-state index in [9.17, 15) is 4.79 Å². The predicted molar refractivity (Wildman–Crippen MR) is 73.5 cm³/mol. The van der Waals surface area contributed by atoms with Crippen LogP contribution >= 0.6 is 22.6 Å². The van der Waals surface area contributed by atoms with Crippen molar-refractivity contribution in [1.82, 2.24) is 5.32 Å². The number of carbonyl (C=O) groups is 1. The number of rotatable bonds is 2. The van der Waals surface area contributed by atoms with Gasteiger partial charge in [-0.1, -0.05) is 0 Å². The molecule has 0 bridgehead atoms. The summed E-state index contributed by atoms with van der Waals surface area (Å²) in [5, 5.41) is 6.20. The lowest BCUT2D eigenvalue weighted by Gasteiger charge is -2.12. The van der Waals surface area contributed by atoms with Crippen LogP contribution < -0.4 is 10.6 Å². The van der Waals surface area contributed by atoms with Crippen LogP contribution in [0.15, 0.2) is 18.2 Å². The lowest BCUT2D eigenvalue weighted by atomic mass is 10.1. The maximum absolute atomic E-state index is 11.9. The van der Waals surface area contributed by atoms with Crippen LogP contribution in [-0.4, -0.2) is 19.0 Å². The van der Waals surface area contributed by atoms with E-state index in [1.54, 1.807) is 0 Å². The molecule has 4 heteroatoms. The summed E-state index contributed by atoms with van der Waals surface area (Å²) in [7, 11) is 0. The molecule has 1 aromatic rings. The van der Waals surface area contributed by atoms with Gasteiger partial charge in [-0.05, 0) is 66.2 Å². The van der Waals surface area contributed by atoms with E-state index in [1.807, 2.05) is 19.1 Å². The number of carbonyl (C=O) groups excluding carboxylic acids is 1. The van der Waals surface area contributed by atoms with Crippen LogP contribution in [0, 0.1) is 16.4 Å². The Kier molecular flexibility index (Phi) is 3.81. The molecule has 1 amide bonds. The summed E-state index contributed by atoms with van der Waals surface area (Å²) < 4.78 is 1.19. The second kappa shape index (κ2) is 5.14. The summed E-state index contributed by atoms with van der Waals surface area (Å²) in [4.78, 5) is 11.9. The van der Waals surface area contributed by atoms with Crippen LogP contribution in [0.2, 0.25) is 0 Å². The molecule has 0 saturated carbocycles. The van der Waals surface area contributed by atoms with Crippen LogP contribution in [0.25, 0.3) is 0 Å². The number of anilines is 1. The molecule has 0 radical (unpaired) electrons. The zero-order valence-corrected chi connectivity index (χ0v) is 11.4. The fourth-order valence-corrected chi connectivity index (χ4v) is 2.53. The second-order valence-electron chi connectivity index (χ2n) is 4.14. The van der Waals surface area contributed by atoms with E-state index >= 15 is 0 Å². The van der Waals surface area contributed by atoms with Crippen LogP contribution in [-0.2, 0) is 4.79 Å². The van der Waals surface area contributed by atoms with Gasteiger partial charge in [-0.25, -0.2) is 0 Å². The SMILES string of the molecule is Cc1cc(I)ccc1NC(=O)C1CCNC1. The molecule has 1 unspecified atom stereocenters. The molecule has 0 spiro atoms. The van der Waals surface area contributed by atoms with Gasteiger partial charge in [-0.15, -0.1) is 0 Å². The van der Waals surface area contributed by atoms with Crippen molar-refractivity contribution in [2.45, 2.75) is 13.3 Å². The van der Waals surface area contributed by atoms with Gasteiger partial charge in [0.05, 0.1) is 5.92 Å². The van der Waals surface area contributed by atoms with E-state index in [4.69, 9.17) is 0 Å². The minimum atomic E-state index is 0.124. The lowest BCUT2D eigenvalue weighted by molar-refractivity contribution is -0.119. The van der Waals surface area contributed by atoms with E-state index < -0.39 is 0 Å². The zero-order chi connectivity index (χ0) is 11.5. The number of halogens is 1. The van der Waals surface area contributed by atoms with Gasteiger partial charge in [0.2, 0.25) is 5.91 Å². The normalized spacial score (nSPS) is 19.8. The molecule has 2 rings (SSSR count). The summed E-state index contributed by atoms with van der Waals surface area (Å²) >= 11 is 2.27. The summed E-state index contributed by atoms with van der Waals surface area (Å²) in [5.41, 5.74) is 2.04. The van der Waals surface area contributed by atoms with Gasteiger partial charge in [0, 0.05) is 15.8 Å². The highest BCUT2D eigenvalue weighted by Gasteiger charge is 2.22. The highest BCUT2D eigenvalue weighted by atomic mass is 127. The van der Waals surface area contributed by atoms with Crippen LogP contribution in [0.5, 0.6) is 0 Å². The Labute approximate surface area is 109 Å². The molecule has 1 aromatic carbocycles. The zero-order valence-electron chi connectivity index (χ0n) is 9.22. The minimum absolute atomic E-state index is 0.124. The molecular formula is C12H15IN2O. The first kappa shape index (κ1) is 11.9. The highest BCUT2D eigenvalue weighted by molar-refractivity contribution is 14.1. The molecule has 1 saturated heterocycles. The fraction of sp³-hybridized carbons (Fsp3) is 0.417. The molecule has 3 nitrogen and oxygen atoms in total. The molecular weight excluding hydrogens is 315 g/mol. The molecule has 1 atom stereocenters. The second-order valence-corrected chi connectivity index (χ2v) is 5.38. The van der Waals surface area contributed by atoms with Crippen molar-refractivity contribution in [3.63, 3.8) is 0 Å². The number of benzene rings is 1. The average Bonchev–Trinajstić information content (AvgIpc) is 2.75. The Morgan fingerprint density at radius 3 is 3.00 bits per heavy atom. The molecule has 0 aliphatic carbocycles. The van der Waals surface area contributed by atoms with Gasteiger partial charge in [-0.3, -0.25) is 4.79 Å². The molecule has 1 fully saturated rings. The third-order valence-corrected chi connectivity index (χ3v) is 3.55. The topological polar surface area (TPSA) is 41.1 Å². The summed E-state index contributed by atoms with van der Waals surface area (Å²) in [5.74, 6) is 0.257. The van der Waals surface area contributed by atoms with Gasteiger partial charge >= 0.3 is 0 Å². The van der Waals surface area contributed by atoms with Crippen molar-refractivity contribution >= 4 is 34.2 Å². The molecule has 1 aliphatic heterocycles. The third kappa shape index (κ3) is 2.74. The van der Waals surface area contributed by atoms with Crippen molar-refractivity contribution in [2.75, 3.05) is 18.4 Å². The largest absolute Gasteiger partial charge is 0.326 e. The molecule has 16 heavy (non-hydrogen) atoms. The highest BCUT2D eigenvalue weighted by Crippen LogP contribution is 2.19. The maximum atomic E-state index is 11.9. The Balaban J connectivity index is 2.05. The smallest absolute Gasteiger partial charge is 0.228 e. The van der Waals surface area contributed by atoms with Gasteiger partial charge < -0.3 is 10.6 Å². The van der Waals surface area contributed by atoms with E-state index in [2.05, 4.69) is 39.3 Å². The van der Waals surface area contributed by atoms with Crippen molar-refractivity contribution in [2.24, 2.45) is 5.92 Å². The van der Waals surface area contributed by atoms with Crippen molar-refractivity contribution in [3.8, 4) is 0 Å². The molecule has 2 N–H and O–H groups in total. The summed E-state index contributed by atoms with van der Waals surface area (Å²) in [6.07, 6.45) is 0.940. The number of hydrogen-bond donors (Lipinski definition) is 2. The van der Waals surface area contributed by atoms with Gasteiger partial charge in [-0.2, -0.15) is 0 Å². The fourth-order valence-electron chi connectivity index (χ4n) is 1.88. The maximum Gasteiger partial charge on any atom is 0.228 e. The first-order chi connectivity index (χ1) is 7.66. The Bertz CT molecular complexity index is 400. The van der Waals surface area contributed by atoms with E-state index in [0.29, 0.717) is 0 Å². The van der Waals surface area contributed by atoms with Gasteiger partial charge in [0.15, 0.2) is 0 Å². The quantitative estimate of drug-likeness (QED) is 0.816. The number of aryl methyl sites for hydroxylation is 1. The first-order valence-corrected chi connectivity index (χ1v) is 6.52. The van der Waals surface area contributed by atoms with Crippen LogP contribution in [0.3, 0.4) is 0 Å².